The van der Waals surface area contributed by atoms with Crippen molar-refractivity contribution in [3.63, 3.8) is 0 Å². The fourth-order valence-electron chi connectivity index (χ4n) is 1.79. The van der Waals surface area contributed by atoms with E-state index in [1.165, 1.54) is 10.4 Å². The summed E-state index contributed by atoms with van der Waals surface area (Å²) in [4.78, 5) is 3.91. The van der Waals surface area contributed by atoms with Gasteiger partial charge in [0.2, 0.25) is 5.09 Å². The Hall–Kier alpha value is -1.70. The summed E-state index contributed by atoms with van der Waals surface area (Å²) in [5, 5.41) is -0.0751. The van der Waals surface area contributed by atoms with E-state index in [1.807, 2.05) is 0 Å². The molecular weight excluding hydrogens is 278 g/mol. The molecule has 0 bridgehead atoms. The molecule has 0 saturated carbocycles. The van der Waals surface area contributed by atoms with Crippen molar-refractivity contribution in [2.75, 3.05) is 6.54 Å². The third-order valence-corrected chi connectivity index (χ3v) is 4.69. The summed E-state index contributed by atoms with van der Waals surface area (Å²) in [6, 6.07) is 6.58. The maximum Gasteiger partial charge on any atom is 0.276 e. The number of nitrogens with zero attached hydrogens (tertiary/aromatic N) is 2. The first-order valence-electron chi connectivity index (χ1n) is 6.25. The third kappa shape index (κ3) is 3.06. The van der Waals surface area contributed by atoms with Gasteiger partial charge in [-0.05, 0) is 29.8 Å². The number of hydrogen-bond acceptors (Lipinski definition) is 5. The summed E-state index contributed by atoms with van der Waals surface area (Å²) < 4.78 is 31.5. The first-order valence-corrected chi connectivity index (χ1v) is 7.69. The molecule has 108 valence electrons. The largest absolute Gasteiger partial charge is 0.447 e. The van der Waals surface area contributed by atoms with Crippen molar-refractivity contribution >= 4 is 10.0 Å². The Bertz CT molecular complexity index is 653. The van der Waals surface area contributed by atoms with Gasteiger partial charge in [-0.3, -0.25) is 4.98 Å². The summed E-state index contributed by atoms with van der Waals surface area (Å²) in [6.07, 6.45) is 3.27. The van der Waals surface area contributed by atoms with Gasteiger partial charge in [0, 0.05) is 25.5 Å². The highest BCUT2D eigenvalue weighted by Crippen LogP contribution is 2.20. The van der Waals surface area contributed by atoms with Crippen LogP contribution in [0.4, 0.5) is 0 Å². The number of furan rings is 1. The molecular formula is C13H17N3O3S. The third-order valence-electron chi connectivity index (χ3n) is 2.89. The van der Waals surface area contributed by atoms with Crippen LogP contribution < -0.4 is 5.73 Å². The zero-order valence-corrected chi connectivity index (χ0v) is 12.0. The van der Waals surface area contributed by atoms with E-state index in [1.54, 1.807) is 37.5 Å². The number of sulfonamides is 1. The topological polar surface area (TPSA) is 89.4 Å². The van der Waals surface area contributed by atoms with Crippen molar-refractivity contribution in [2.45, 2.75) is 25.1 Å². The maximum atomic E-state index is 12.5. The summed E-state index contributed by atoms with van der Waals surface area (Å²) in [5.74, 6) is 0.448. The summed E-state index contributed by atoms with van der Waals surface area (Å²) in [6.45, 7) is 2.58. The standard InChI is InChI=1S/C13H17N3O3S/c1-2-16(10-11-5-7-15-8-6-11)20(17,18)13-4-3-12(9-14)19-13/h3-8H,2,9-10,14H2,1H3. The molecule has 0 fully saturated rings. The molecule has 0 radical (unpaired) electrons. The van der Waals surface area contributed by atoms with Gasteiger partial charge < -0.3 is 10.2 Å². The first kappa shape index (κ1) is 14.7. The lowest BCUT2D eigenvalue weighted by atomic mass is 10.3. The lowest BCUT2D eigenvalue weighted by Crippen LogP contribution is -2.30. The summed E-state index contributed by atoms with van der Waals surface area (Å²) in [7, 11) is -3.65. The van der Waals surface area contributed by atoms with E-state index in [0.717, 1.165) is 5.56 Å². The van der Waals surface area contributed by atoms with Crippen molar-refractivity contribution in [3.05, 3.63) is 48.0 Å². The zero-order chi connectivity index (χ0) is 14.6. The van der Waals surface area contributed by atoms with Gasteiger partial charge in [0.05, 0.1) is 6.54 Å². The number of aromatic nitrogens is 1. The van der Waals surface area contributed by atoms with E-state index in [2.05, 4.69) is 4.98 Å². The molecule has 0 saturated heterocycles. The molecule has 0 aromatic carbocycles. The van der Waals surface area contributed by atoms with Gasteiger partial charge in [0.25, 0.3) is 10.0 Å². The van der Waals surface area contributed by atoms with Gasteiger partial charge in [-0.25, -0.2) is 8.42 Å². The van der Waals surface area contributed by atoms with Gasteiger partial charge in [0.15, 0.2) is 0 Å². The van der Waals surface area contributed by atoms with Gasteiger partial charge in [-0.1, -0.05) is 6.92 Å². The second-order valence-corrected chi connectivity index (χ2v) is 6.08. The fourth-order valence-corrected chi connectivity index (χ4v) is 3.16. The van der Waals surface area contributed by atoms with E-state index in [9.17, 15) is 8.42 Å². The van der Waals surface area contributed by atoms with E-state index < -0.39 is 10.0 Å². The second-order valence-electron chi connectivity index (χ2n) is 4.21. The molecule has 0 atom stereocenters. The van der Waals surface area contributed by atoms with Crippen molar-refractivity contribution in [2.24, 2.45) is 5.73 Å². The van der Waals surface area contributed by atoms with Crippen LogP contribution in [0.3, 0.4) is 0 Å². The molecule has 20 heavy (non-hydrogen) atoms. The smallest absolute Gasteiger partial charge is 0.276 e. The van der Waals surface area contributed by atoms with Crippen LogP contribution in [0.1, 0.15) is 18.2 Å². The Labute approximate surface area is 118 Å². The highest BCUT2D eigenvalue weighted by Gasteiger charge is 2.26. The normalized spacial score (nSPS) is 11.9. The van der Waals surface area contributed by atoms with Gasteiger partial charge in [-0.15, -0.1) is 0 Å². The van der Waals surface area contributed by atoms with Gasteiger partial charge >= 0.3 is 0 Å². The highest BCUT2D eigenvalue weighted by atomic mass is 32.2. The van der Waals surface area contributed by atoms with Gasteiger partial charge in [-0.2, -0.15) is 4.31 Å². The summed E-state index contributed by atoms with van der Waals surface area (Å²) >= 11 is 0. The van der Waals surface area contributed by atoms with Crippen LogP contribution in [-0.2, 0) is 23.1 Å². The van der Waals surface area contributed by atoms with E-state index in [-0.39, 0.29) is 18.2 Å². The average molecular weight is 295 g/mol. The minimum atomic E-state index is -3.65. The predicted molar refractivity (Wildman–Crippen MR) is 74.1 cm³/mol. The Morgan fingerprint density at radius 1 is 1.25 bits per heavy atom. The molecule has 2 rings (SSSR count). The second kappa shape index (κ2) is 6.17. The Kier molecular flexibility index (Phi) is 4.53. The van der Waals surface area contributed by atoms with Crippen molar-refractivity contribution in [3.8, 4) is 0 Å². The monoisotopic (exact) mass is 295 g/mol. The molecule has 2 heterocycles. The van der Waals surface area contributed by atoms with Crippen LogP contribution in [0.25, 0.3) is 0 Å². The molecule has 0 aliphatic carbocycles. The average Bonchev–Trinajstić information content (AvgIpc) is 2.95. The van der Waals surface area contributed by atoms with E-state index >= 15 is 0 Å². The highest BCUT2D eigenvalue weighted by molar-refractivity contribution is 7.89. The van der Waals surface area contributed by atoms with Crippen LogP contribution in [0, 0.1) is 0 Å². The lowest BCUT2D eigenvalue weighted by molar-refractivity contribution is 0.371. The Morgan fingerprint density at radius 3 is 2.50 bits per heavy atom. The molecule has 0 aliphatic rings. The SMILES string of the molecule is CCN(Cc1ccncc1)S(=O)(=O)c1ccc(CN)o1. The molecule has 2 aromatic heterocycles. The minimum Gasteiger partial charge on any atom is -0.447 e. The van der Waals surface area contributed by atoms with Crippen molar-refractivity contribution in [1.29, 1.82) is 0 Å². The van der Waals surface area contributed by atoms with Crippen molar-refractivity contribution < 1.29 is 12.8 Å². The minimum absolute atomic E-state index is 0.0751. The quantitative estimate of drug-likeness (QED) is 0.868. The summed E-state index contributed by atoms with van der Waals surface area (Å²) in [5.41, 5.74) is 6.30. The van der Waals surface area contributed by atoms with Crippen LogP contribution in [0.2, 0.25) is 0 Å². The maximum absolute atomic E-state index is 12.5. The molecule has 2 aromatic rings. The van der Waals surface area contributed by atoms with E-state index in [0.29, 0.717) is 12.3 Å². The lowest BCUT2D eigenvalue weighted by Gasteiger charge is -2.18. The molecule has 0 amide bonds. The molecule has 0 unspecified atom stereocenters. The molecule has 6 nitrogen and oxygen atoms in total. The first-order chi connectivity index (χ1) is 9.57. The number of hydrogen-bond donors (Lipinski definition) is 1. The van der Waals surface area contributed by atoms with Crippen LogP contribution in [-0.4, -0.2) is 24.3 Å². The van der Waals surface area contributed by atoms with Crippen LogP contribution in [0.15, 0.2) is 46.2 Å². The number of pyridine rings is 1. The van der Waals surface area contributed by atoms with E-state index in [4.69, 9.17) is 10.2 Å². The van der Waals surface area contributed by atoms with Crippen LogP contribution in [0.5, 0.6) is 0 Å². The fraction of sp³-hybridized carbons (Fsp3) is 0.308. The number of rotatable bonds is 6. The van der Waals surface area contributed by atoms with Crippen molar-refractivity contribution in [1.82, 2.24) is 9.29 Å². The Morgan fingerprint density at radius 2 is 1.95 bits per heavy atom. The predicted octanol–water partition coefficient (Wildman–Crippen LogP) is 1.34. The van der Waals surface area contributed by atoms with Crippen LogP contribution >= 0.6 is 0 Å². The molecule has 2 N–H and O–H groups in total. The number of nitrogens with two attached hydrogens (primary N) is 1. The van der Waals surface area contributed by atoms with Gasteiger partial charge in [0.1, 0.15) is 5.76 Å². The molecule has 0 spiro atoms. The zero-order valence-electron chi connectivity index (χ0n) is 11.2. The molecule has 7 heteroatoms. The Balaban J connectivity index is 2.25. The molecule has 0 aliphatic heterocycles.